The quantitative estimate of drug-likeness (QED) is 0.730. The Morgan fingerprint density at radius 1 is 0.800 bits per heavy atom. The number of hydrogen-bond acceptors (Lipinski definition) is 2. The Balaban J connectivity index is 2.57. The third kappa shape index (κ3) is 3.51. The first kappa shape index (κ1) is 16.6. The van der Waals surface area contributed by atoms with Crippen LogP contribution in [0.15, 0.2) is 18.2 Å². The molecule has 112 valence electrons. The molecule has 0 aromatic heterocycles. The average Bonchev–Trinajstić information content (AvgIpc) is 2.75. The zero-order valence-electron chi connectivity index (χ0n) is 14.0. The minimum atomic E-state index is -1.86. The van der Waals surface area contributed by atoms with Gasteiger partial charge in [0.15, 0.2) is 0 Å². The molecule has 0 atom stereocenters. The van der Waals surface area contributed by atoms with E-state index in [1.165, 1.54) is 5.56 Å². The van der Waals surface area contributed by atoms with Gasteiger partial charge in [-0.2, -0.15) is 0 Å². The van der Waals surface area contributed by atoms with Crippen LogP contribution in [0.4, 0.5) is 0 Å². The van der Waals surface area contributed by atoms with E-state index in [-0.39, 0.29) is 0 Å². The van der Waals surface area contributed by atoms with E-state index in [0.29, 0.717) is 13.2 Å². The molecule has 0 radical (unpaired) electrons. The van der Waals surface area contributed by atoms with Crippen LogP contribution in [0.1, 0.15) is 12.5 Å². The van der Waals surface area contributed by atoms with Gasteiger partial charge in [0.1, 0.15) is 0 Å². The molecule has 0 aliphatic carbocycles. The van der Waals surface area contributed by atoms with Crippen LogP contribution in [-0.2, 0) is 15.3 Å². The van der Waals surface area contributed by atoms with E-state index in [2.05, 4.69) is 59.7 Å². The van der Waals surface area contributed by atoms with Gasteiger partial charge in [0.05, 0.1) is 0 Å². The summed E-state index contributed by atoms with van der Waals surface area (Å²) < 4.78 is 14.9. The molecular formula is C16H28Ge2O2. The molecule has 1 aliphatic rings. The molecule has 0 saturated carbocycles. The van der Waals surface area contributed by atoms with Crippen molar-refractivity contribution in [2.75, 3.05) is 13.2 Å². The van der Waals surface area contributed by atoms with Gasteiger partial charge in [-0.3, -0.25) is 0 Å². The van der Waals surface area contributed by atoms with E-state index >= 15 is 0 Å². The topological polar surface area (TPSA) is 18.5 Å². The molecule has 2 rings (SSSR count). The average molecular weight is 398 g/mol. The van der Waals surface area contributed by atoms with Gasteiger partial charge in [-0.15, -0.1) is 0 Å². The predicted molar refractivity (Wildman–Crippen MR) is 91.7 cm³/mol. The molecule has 20 heavy (non-hydrogen) atoms. The molecule has 0 bridgehead atoms. The zero-order valence-corrected chi connectivity index (χ0v) is 18.2. The van der Waals surface area contributed by atoms with E-state index in [9.17, 15) is 0 Å². The number of benzene rings is 1. The van der Waals surface area contributed by atoms with Crippen molar-refractivity contribution in [1.82, 2.24) is 0 Å². The maximum absolute atomic E-state index is 5.88. The van der Waals surface area contributed by atoms with Gasteiger partial charge in [-0.1, -0.05) is 0 Å². The molecular weight excluding hydrogens is 369 g/mol. The number of hydrogen-bond donors (Lipinski definition) is 0. The van der Waals surface area contributed by atoms with Crippen LogP contribution in [0.3, 0.4) is 0 Å². The summed E-state index contributed by atoms with van der Waals surface area (Å²) in [6, 6.07) is 7.19. The molecule has 1 saturated heterocycles. The SMILES string of the molecule is CC1(c2c[c]([Ge]([CH3])([CH3])[CH3])c[c]([Ge]([CH3])([CH3])[CH3])c2)OCCO1. The first-order valence-corrected chi connectivity index (χ1v) is 22.2. The van der Waals surface area contributed by atoms with Crippen LogP contribution < -0.4 is 8.79 Å². The molecule has 0 unspecified atom stereocenters. The van der Waals surface area contributed by atoms with Gasteiger partial charge in [0.2, 0.25) is 0 Å². The zero-order chi connectivity index (χ0) is 15.2. The Labute approximate surface area is 129 Å². The molecule has 0 spiro atoms. The van der Waals surface area contributed by atoms with E-state index in [0.717, 1.165) is 0 Å². The summed E-state index contributed by atoms with van der Waals surface area (Å²) in [6.07, 6.45) is 0. The second-order valence-corrected chi connectivity index (χ2v) is 29.2. The van der Waals surface area contributed by atoms with Crippen molar-refractivity contribution >= 4 is 35.3 Å². The fourth-order valence-electron chi connectivity index (χ4n) is 2.44. The Hall–Kier alpha value is 0.226. The summed E-state index contributed by atoms with van der Waals surface area (Å²) in [6.45, 7) is 3.46. The first-order chi connectivity index (χ1) is 9.02. The van der Waals surface area contributed by atoms with Crippen LogP contribution in [0, 0.1) is 0 Å². The second kappa shape index (κ2) is 5.45. The molecule has 1 fully saturated rings. The molecule has 0 amide bonds. The third-order valence-corrected chi connectivity index (χ3v) is 12.5. The summed E-state index contributed by atoms with van der Waals surface area (Å²) in [5.41, 5.74) is 1.23. The normalized spacial score (nSPS) is 19.4. The van der Waals surface area contributed by atoms with Crippen molar-refractivity contribution in [3.63, 3.8) is 0 Å². The molecule has 2 nitrogen and oxygen atoms in total. The monoisotopic (exact) mass is 400 g/mol. The summed E-state index contributed by atoms with van der Waals surface area (Å²) >= 11 is -3.72. The van der Waals surface area contributed by atoms with Gasteiger partial charge in [0.25, 0.3) is 0 Å². The molecule has 1 heterocycles. The standard InChI is InChI=1S/C16H28Ge2O2/c1-16(19-8-9-20-16)13-10-14(17(2,3)4)12-15(11-13)18(5,6)7/h10-12H,8-9H2,1-7H3. The molecule has 0 N–H and O–H groups in total. The van der Waals surface area contributed by atoms with E-state index in [1.807, 2.05) is 0 Å². The summed E-state index contributed by atoms with van der Waals surface area (Å²) in [5.74, 6) is 14.2. The van der Waals surface area contributed by atoms with E-state index < -0.39 is 32.3 Å². The maximum atomic E-state index is 5.88. The van der Waals surface area contributed by atoms with Crippen molar-refractivity contribution in [3.8, 4) is 0 Å². The predicted octanol–water partition coefficient (Wildman–Crippen LogP) is 3.00. The van der Waals surface area contributed by atoms with Crippen LogP contribution in [0.2, 0.25) is 34.5 Å². The van der Waals surface area contributed by atoms with E-state index in [1.54, 1.807) is 8.79 Å². The van der Waals surface area contributed by atoms with E-state index in [4.69, 9.17) is 9.47 Å². The summed E-state index contributed by atoms with van der Waals surface area (Å²) in [4.78, 5) is 0. The first-order valence-electron chi connectivity index (χ1n) is 7.47. The number of ether oxygens (including phenoxy) is 2. The minimum absolute atomic E-state index is 0.536. The van der Waals surface area contributed by atoms with Crippen LogP contribution in [0.25, 0.3) is 0 Å². The van der Waals surface area contributed by atoms with Gasteiger partial charge in [-0.25, -0.2) is 0 Å². The molecule has 1 aliphatic heterocycles. The van der Waals surface area contributed by atoms with Gasteiger partial charge < -0.3 is 0 Å². The Bertz CT molecular complexity index is 460. The van der Waals surface area contributed by atoms with Crippen molar-refractivity contribution in [1.29, 1.82) is 0 Å². The van der Waals surface area contributed by atoms with Crippen LogP contribution in [-0.4, -0.2) is 39.7 Å². The molecule has 1 aromatic rings. The van der Waals surface area contributed by atoms with Gasteiger partial charge in [-0.05, 0) is 0 Å². The van der Waals surface area contributed by atoms with Gasteiger partial charge in [0, 0.05) is 0 Å². The van der Waals surface area contributed by atoms with Crippen LogP contribution >= 0.6 is 0 Å². The Morgan fingerprint density at radius 2 is 1.20 bits per heavy atom. The molecule has 4 heteroatoms. The second-order valence-electron chi connectivity index (χ2n) is 7.94. The Morgan fingerprint density at radius 3 is 1.55 bits per heavy atom. The Kier molecular flexibility index (Phi) is 4.52. The van der Waals surface area contributed by atoms with Crippen molar-refractivity contribution in [3.05, 3.63) is 23.8 Å². The van der Waals surface area contributed by atoms with Crippen LogP contribution in [0.5, 0.6) is 0 Å². The van der Waals surface area contributed by atoms with Crippen molar-refractivity contribution in [2.45, 2.75) is 47.2 Å². The number of rotatable bonds is 3. The summed E-state index contributed by atoms with van der Waals surface area (Å²) in [5, 5.41) is 0. The van der Waals surface area contributed by atoms with Crippen molar-refractivity contribution in [2.24, 2.45) is 0 Å². The van der Waals surface area contributed by atoms with Crippen molar-refractivity contribution < 1.29 is 9.47 Å². The molecule has 1 aromatic carbocycles. The summed E-state index contributed by atoms with van der Waals surface area (Å²) in [7, 11) is 0. The van der Waals surface area contributed by atoms with Gasteiger partial charge >= 0.3 is 129 Å². The fraction of sp³-hybridized carbons (Fsp3) is 0.625. The fourth-order valence-corrected chi connectivity index (χ4v) is 8.01. The third-order valence-electron chi connectivity index (χ3n) is 4.03.